The molecule has 0 aromatic carbocycles. The Morgan fingerprint density at radius 2 is 1.40 bits per heavy atom. The molecule has 1 fully saturated rings. The first-order valence-corrected chi connectivity index (χ1v) is 7.35. The van der Waals surface area contributed by atoms with Crippen LogP contribution in [0.1, 0.15) is 73.6 Å². The minimum Gasteiger partial charge on any atom is -0.212 e. The maximum Gasteiger partial charge on any atom is 0.124 e. The van der Waals surface area contributed by atoms with E-state index in [1.54, 1.807) is 13.8 Å². The highest BCUT2D eigenvalue weighted by molar-refractivity contribution is 5.17. The number of allylic oxidation sites excluding steroid dienone is 4. The molecule has 116 valence electrons. The summed E-state index contributed by atoms with van der Waals surface area (Å²) in [5, 5.41) is 0. The molecule has 0 aromatic heterocycles. The summed E-state index contributed by atoms with van der Waals surface area (Å²) in [4.78, 5) is 0. The smallest absolute Gasteiger partial charge is 0.124 e. The quantitative estimate of drug-likeness (QED) is 0.369. The molecular weight excluding hydrogens is 254 g/mol. The molecule has 0 saturated heterocycles. The van der Waals surface area contributed by atoms with E-state index >= 15 is 0 Å². The first kappa shape index (κ1) is 21.2. The van der Waals surface area contributed by atoms with Crippen LogP contribution in [0.15, 0.2) is 23.3 Å². The van der Waals surface area contributed by atoms with Gasteiger partial charge in [-0.2, -0.15) is 0 Å². The van der Waals surface area contributed by atoms with Crippen LogP contribution in [0.3, 0.4) is 0 Å². The van der Waals surface area contributed by atoms with Gasteiger partial charge in [-0.1, -0.05) is 39.0 Å². The summed E-state index contributed by atoms with van der Waals surface area (Å²) >= 11 is 0. The zero-order valence-electron chi connectivity index (χ0n) is 13.9. The van der Waals surface area contributed by atoms with Gasteiger partial charge in [0, 0.05) is 6.08 Å². The third-order valence-corrected chi connectivity index (χ3v) is 2.95. The summed E-state index contributed by atoms with van der Waals surface area (Å²) < 4.78 is 24.2. The van der Waals surface area contributed by atoms with Gasteiger partial charge in [-0.3, -0.25) is 0 Å². The van der Waals surface area contributed by atoms with Crippen LogP contribution in [0.2, 0.25) is 0 Å². The predicted molar refractivity (Wildman–Crippen MR) is 85.7 cm³/mol. The van der Waals surface area contributed by atoms with Crippen LogP contribution in [0.5, 0.6) is 0 Å². The fourth-order valence-corrected chi connectivity index (χ4v) is 1.63. The summed E-state index contributed by atoms with van der Waals surface area (Å²) in [6.45, 7) is 10.4. The molecule has 0 nitrogen and oxygen atoms in total. The van der Waals surface area contributed by atoms with E-state index in [1.165, 1.54) is 39.0 Å². The van der Waals surface area contributed by atoms with Crippen LogP contribution in [0.25, 0.3) is 0 Å². The molecule has 0 amide bonds. The normalized spacial score (nSPS) is 14.7. The zero-order chi connectivity index (χ0) is 16.0. The third kappa shape index (κ3) is 16.9. The molecule has 1 aliphatic carbocycles. The molecule has 0 spiro atoms. The van der Waals surface area contributed by atoms with Crippen molar-refractivity contribution in [1.82, 2.24) is 0 Å². The summed E-state index contributed by atoms with van der Waals surface area (Å²) in [5.41, 5.74) is 0.493. The second kappa shape index (κ2) is 14.3. The molecule has 1 aliphatic rings. The van der Waals surface area contributed by atoms with E-state index in [4.69, 9.17) is 0 Å². The maximum absolute atomic E-state index is 12.3. The van der Waals surface area contributed by atoms with Crippen molar-refractivity contribution in [2.24, 2.45) is 5.92 Å². The first-order valence-electron chi connectivity index (χ1n) is 7.35. The number of hydrogen-bond donors (Lipinski definition) is 0. The summed E-state index contributed by atoms with van der Waals surface area (Å²) in [5.74, 6) is 5.40. The maximum atomic E-state index is 12.3. The fourth-order valence-electron chi connectivity index (χ4n) is 1.63. The third-order valence-electron chi connectivity index (χ3n) is 2.95. The Kier molecular flexibility index (Phi) is 15.2. The summed E-state index contributed by atoms with van der Waals surface area (Å²) in [6, 6.07) is 0. The van der Waals surface area contributed by atoms with Gasteiger partial charge in [0.15, 0.2) is 0 Å². The van der Waals surface area contributed by atoms with E-state index in [0.29, 0.717) is 5.57 Å². The van der Waals surface area contributed by atoms with E-state index in [1.807, 2.05) is 13.8 Å². The number of hydrogen-bond acceptors (Lipinski definition) is 0. The Labute approximate surface area is 124 Å². The Hall–Kier alpha value is -1.10. The minimum absolute atomic E-state index is 0.491. The van der Waals surface area contributed by atoms with Gasteiger partial charge < -0.3 is 0 Å². The molecule has 0 heterocycles. The molecule has 0 atom stereocenters. The number of rotatable bonds is 1. The van der Waals surface area contributed by atoms with E-state index in [2.05, 4.69) is 18.8 Å². The molecule has 2 heteroatoms. The lowest BCUT2D eigenvalue weighted by Gasteiger charge is -2.15. The Morgan fingerprint density at radius 1 is 0.950 bits per heavy atom. The van der Waals surface area contributed by atoms with Gasteiger partial charge >= 0.3 is 0 Å². The average molecular weight is 284 g/mol. The van der Waals surface area contributed by atoms with Crippen LogP contribution in [0, 0.1) is 17.8 Å². The highest BCUT2D eigenvalue weighted by Gasteiger charge is 2.05. The lowest BCUT2D eigenvalue weighted by molar-refractivity contribution is 0.385. The van der Waals surface area contributed by atoms with Gasteiger partial charge in [0.05, 0.1) is 5.83 Å². The highest BCUT2D eigenvalue weighted by atomic mass is 19.1. The van der Waals surface area contributed by atoms with Crippen LogP contribution < -0.4 is 0 Å². The van der Waals surface area contributed by atoms with Crippen LogP contribution >= 0.6 is 0 Å². The van der Waals surface area contributed by atoms with Crippen LogP contribution in [-0.2, 0) is 0 Å². The molecule has 0 radical (unpaired) electrons. The molecule has 1 rings (SSSR count). The van der Waals surface area contributed by atoms with Gasteiger partial charge in [0.2, 0.25) is 0 Å². The lowest BCUT2D eigenvalue weighted by atomic mass is 9.91. The molecule has 0 aromatic rings. The second-order valence-corrected chi connectivity index (χ2v) is 5.32. The molecule has 1 saturated carbocycles. The van der Waals surface area contributed by atoms with Gasteiger partial charge in [0.25, 0.3) is 0 Å². The van der Waals surface area contributed by atoms with E-state index in [9.17, 15) is 8.78 Å². The summed E-state index contributed by atoms with van der Waals surface area (Å²) in [7, 11) is 0. The highest BCUT2D eigenvalue weighted by Crippen LogP contribution is 2.22. The van der Waals surface area contributed by atoms with Crippen molar-refractivity contribution < 1.29 is 8.78 Å². The van der Waals surface area contributed by atoms with Crippen molar-refractivity contribution in [2.45, 2.75) is 73.6 Å². The SMILES string of the molecule is CC#CC.CC(C)=C(F)/C=C(\C)F.CC1CCCCC1. The van der Waals surface area contributed by atoms with Crippen molar-refractivity contribution in [3.05, 3.63) is 23.3 Å². The van der Waals surface area contributed by atoms with E-state index in [-0.39, 0.29) is 0 Å². The van der Waals surface area contributed by atoms with Crippen LogP contribution in [-0.4, -0.2) is 0 Å². The van der Waals surface area contributed by atoms with Crippen LogP contribution in [0.4, 0.5) is 8.78 Å². The number of halogens is 2. The van der Waals surface area contributed by atoms with E-state index < -0.39 is 11.7 Å². The Balaban J connectivity index is 0. The van der Waals surface area contributed by atoms with Crippen molar-refractivity contribution in [3.63, 3.8) is 0 Å². The molecule has 0 N–H and O–H groups in total. The Bertz CT molecular complexity index is 333. The minimum atomic E-state index is -0.506. The largest absolute Gasteiger partial charge is 0.212 e. The first-order chi connectivity index (χ1) is 9.34. The van der Waals surface area contributed by atoms with Crippen molar-refractivity contribution >= 4 is 0 Å². The fraction of sp³-hybridized carbons (Fsp3) is 0.667. The molecule has 0 bridgehead atoms. The molecule has 0 aliphatic heterocycles. The topological polar surface area (TPSA) is 0 Å². The average Bonchev–Trinajstić information content (AvgIpc) is 2.40. The molecular formula is C18H30F2. The zero-order valence-corrected chi connectivity index (χ0v) is 13.9. The standard InChI is InChI=1S/C7H10F2.C7H14.C4H6/c1-5(2)7(9)4-6(3)8;1-7-5-3-2-4-6-7;1-3-4-2/h4H,1-3H3;7H,2-6H2,1H3;1-2H3/b6-4+;;. The lowest BCUT2D eigenvalue weighted by Crippen LogP contribution is -1.99. The Morgan fingerprint density at radius 3 is 1.55 bits per heavy atom. The second-order valence-electron chi connectivity index (χ2n) is 5.32. The summed E-state index contributed by atoms with van der Waals surface area (Å²) in [6.07, 6.45) is 8.31. The van der Waals surface area contributed by atoms with Crippen molar-refractivity contribution in [1.29, 1.82) is 0 Å². The predicted octanol–water partition coefficient (Wildman–Crippen LogP) is 6.74. The van der Waals surface area contributed by atoms with Gasteiger partial charge in [-0.15, -0.1) is 11.8 Å². The molecule has 0 unspecified atom stereocenters. The monoisotopic (exact) mass is 284 g/mol. The van der Waals surface area contributed by atoms with Gasteiger partial charge in [0.1, 0.15) is 5.83 Å². The van der Waals surface area contributed by atoms with Crippen molar-refractivity contribution in [3.8, 4) is 11.8 Å². The van der Waals surface area contributed by atoms with Crippen molar-refractivity contribution in [2.75, 3.05) is 0 Å². The molecule has 20 heavy (non-hydrogen) atoms. The van der Waals surface area contributed by atoms with Gasteiger partial charge in [-0.25, -0.2) is 8.78 Å². The van der Waals surface area contributed by atoms with Gasteiger partial charge in [-0.05, 0) is 46.1 Å². The van der Waals surface area contributed by atoms with E-state index in [0.717, 1.165) is 12.0 Å².